The lowest BCUT2D eigenvalue weighted by Gasteiger charge is -2.57. The van der Waals surface area contributed by atoms with Crippen LogP contribution >= 0.6 is 0 Å². The van der Waals surface area contributed by atoms with Crippen molar-refractivity contribution in [1.82, 2.24) is 19.9 Å². The van der Waals surface area contributed by atoms with Gasteiger partial charge in [0, 0.05) is 33.1 Å². The second-order valence-electron chi connectivity index (χ2n) is 9.00. The van der Waals surface area contributed by atoms with Crippen LogP contribution in [0.1, 0.15) is 50.2 Å². The van der Waals surface area contributed by atoms with Gasteiger partial charge < -0.3 is 9.42 Å². The molecule has 0 radical (unpaired) electrons. The molecule has 4 bridgehead atoms. The molecule has 0 unspecified atom stereocenters. The number of aryl methyl sites for hydroxylation is 1. The Morgan fingerprint density at radius 2 is 1.68 bits per heavy atom. The average Bonchev–Trinajstić information content (AvgIpc) is 2.98. The number of rotatable bonds is 3. The predicted octanol–water partition coefficient (Wildman–Crippen LogP) is 2.24. The molecule has 4 saturated carbocycles. The standard InChI is InChI=1S/C19H28N4O2/c1-13-20-17(21-25-13)12-22-2-4-23(5-3-22)18(24)19-9-14-6-15(10-19)8-16(7-14)11-19/h14-16H,2-12H2,1H3. The van der Waals surface area contributed by atoms with Gasteiger partial charge in [-0.05, 0) is 56.3 Å². The molecule has 25 heavy (non-hydrogen) atoms. The van der Waals surface area contributed by atoms with Crippen molar-refractivity contribution in [3.05, 3.63) is 11.7 Å². The lowest BCUT2D eigenvalue weighted by atomic mass is 9.49. The highest BCUT2D eigenvalue weighted by atomic mass is 16.5. The number of piperazine rings is 1. The van der Waals surface area contributed by atoms with Crippen molar-refractivity contribution in [1.29, 1.82) is 0 Å². The lowest BCUT2D eigenvalue weighted by molar-refractivity contribution is -0.159. The van der Waals surface area contributed by atoms with Crippen molar-refractivity contribution >= 4 is 5.91 Å². The Morgan fingerprint density at radius 1 is 1.08 bits per heavy atom. The third-order valence-electron chi connectivity index (χ3n) is 7.09. The topological polar surface area (TPSA) is 62.5 Å². The molecule has 1 saturated heterocycles. The van der Waals surface area contributed by atoms with Gasteiger partial charge in [-0.25, -0.2) is 0 Å². The zero-order valence-electron chi connectivity index (χ0n) is 15.1. The number of aromatic nitrogens is 2. The van der Waals surface area contributed by atoms with E-state index >= 15 is 0 Å². The van der Waals surface area contributed by atoms with Crippen LogP contribution in [0.25, 0.3) is 0 Å². The number of nitrogens with zero attached hydrogens (tertiary/aromatic N) is 4. The molecule has 1 aromatic heterocycles. The van der Waals surface area contributed by atoms with Gasteiger partial charge in [-0.15, -0.1) is 0 Å². The smallest absolute Gasteiger partial charge is 0.228 e. The summed E-state index contributed by atoms with van der Waals surface area (Å²) in [4.78, 5) is 22.2. The van der Waals surface area contributed by atoms with E-state index in [0.717, 1.165) is 56.3 Å². The summed E-state index contributed by atoms with van der Waals surface area (Å²) in [6.07, 6.45) is 7.68. The molecule has 1 aliphatic heterocycles. The van der Waals surface area contributed by atoms with E-state index < -0.39 is 0 Å². The minimum absolute atomic E-state index is 0.00169. The fourth-order valence-corrected chi connectivity index (χ4v) is 6.42. The Kier molecular flexibility index (Phi) is 3.66. The first-order valence-corrected chi connectivity index (χ1v) is 9.90. The molecule has 6 rings (SSSR count). The molecule has 0 aromatic carbocycles. The van der Waals surface area contributed by atoms with Gasteiger partial charge in [-0.3, -0.25) is 9.69 Å². The van der Waals surface area contributed by atoms with Crippen LogP contribution in [-0.2, 0) is 11.3 Å². The third kappa shape index (κ3) is 2.78. The van der Waals surface area contributed by atoms with Crippen molar-refractivity contribution in [3.63, 3.8) is 0 Å². The number of hydrogen-bond donors (Lipinski definition) is 0. The van der Waals surface area contributed by atoms with Gasteiger partial charge in [-0.2, -0.15) is 4.98 Å². The molecule has 1 aromatic rings. The van der Waals surface area contributed by atoms with Crippen molar-refractivity contribution in [3.8, 4) is 0 Å². The highest BCUT2D eigenvalue weighted by molar-refractivity contribution is 5.83. The molecule has 0 N–H and O–H groups in total. The highest BCUT2D eigenvalue weighted by Gasteiger charge is 2.55. The van der Waals surface area contributed by atoms with Crippen molar-refractivity contribution in [2.75, 3.05) is 26.2 Å². The highest BCUT2D eigenvalue weighted by Crippen LogP contribution is 2.60. The largest absolute Gasteiger partial charge is 0.340 e. The Hall–Kier alpha value is -1.43. The van der Waals surface area contributed by atoms with Gasteiger partial charge in [0.15, 0.2) is 5.82 Å². The Morgan fingerprint density at radius 3 is 2.20 bits per heavy atom. The fourth-order valence-electron chi connectivity index (χ4n) is 6.42. The summed E-state index contributed by atoms with van der Waals surface area (Å²) in [6.45, 7) is 6.04. The first-order valence-electron chi connectivity index (χ1n) is 9.90. The first-order chi connectivity index (χ1) is 12.1. The molecule has 0 atom stereocenters. The zero-order chi connectivity index (χ0) is 17.0. The second kappa shape index (κ2) is 5.79. The average molecular weight is 344 g/mol. The van der Waals surface area contributed by atoms with E-state index in [4.69, 9.17) is 4.52 Å². The van der Waals surface area contributed by atoms with Crippen molar-refractivity contribution in [2.45, 2.75) is 52.0 Å². The summed E-state index contributed by atoms with van der Waals surface area (Å²) in [6, 6.07) is 0. The SMILES string of the molecule is Cc1nc(CN2CCN(C(=O)C34CC5CC(CC(C5)C3)C4)CC2)no1. The summed E-state index contributed by atoms with van der Waals surface area (Å²) in [7, 11) is 0. The van der Waals surface area contributed by atoms with Gasteiger partial charge in [0.25, 0.3) is 0 Å². The van der Waals surface area contributed by atoms with E-state index in [0.29, 0.717) is 11.8 Å². The van der Waals surface area contributed by atoms with E-state index in [1.165, 1.54) is 38.5 Å². The van der Waals surface area contributed by atoms with Gasteiger partial charge >= 0.3 is 0 Å². The van der Waals surface area contributed by atoms with Crippen LogP contribution in [0.15, 0.2) is 4.52 Å². The molecule has 0 spiro atoms. The molecule has 1 amide bonds. The monoisotopic (exact) mass is 344 g/mol. The van der Waals surface area contributed by atoms with E-state index in [9.17, 15) is 4.79 Å². The minimum atomic E-state index is 0.00169. The molecule has 2 heterocycles. The first kappa shape index (κ1) is 15.8. The van der Waals surface area contributed by atoms with Crippen LogP contribution in [0.4, 0.5) is 0 Å². The van der Waals surface area contributed by atoms with Crippen LogP contribution in [0.2, 0.25) is 0 Å². The molecule has 6 nitrogen and oxygen atoms in total. The summed E-state index contributed by atoms with van der Waals surface area (Å²) >= 11 is 0. The summed E-state index contributed by atoms with van der Waals surface area (Å²) in [5, 5.41) is 3.98. The predicted molar refractivity (Wildman–Crippen MR) is 91.5 cm³/mol. The Labute approximate surface area is 148 Å². The number of hydrogen-bond acceptors (Lipinski definition) is 5. The van der Waals surface area contributed by atoms with E-state index in [1.54, 1.807) is 0 Å². The van der Waals surface area contributed by atoms with E-state index in [1.807, 2.05) is 6.92 Å². The third-order valence-corrected chi connectivity index (χ3v) is 7.09. The molecule has 4 aliphatic carbocycles. The molecule has 5 fully saturated rings. The fraction of sp³-hybridized carbons (Fsp3) is 0.842. The Bertz CT molecular complexity index is 627. The summed E-state index contributed by atoms with van der Waals surface area (Å²) in [5.41, 5.74) is 0.00169. The van der Waals surface area contributed by atoms with Gasteiger partial charge in [0.1, 0.15) is 0 Å². The maximum Gasteiger partial charge on any atom is 0.228 e. The van der Waals surface area contributed by atoms with Crippen LogP contribution in [0.3, 0.4) is 0 Å². The summed E-state index contributed by atoms with van der Waals surface area (Å²) < 4.78 is 5.05. The zero-order valence-corrected chi connectivity index (χ0v) is 15.1. The molecule has 6 heteroatoms. The lowest BCUT2D eigenvalue weighted by Crippen LogP contribution is -2.58. The summed E-state index contributed by atoms with van der Waals surface area (Å²) in [5.74, 6) is 4.33. The van der Waals surface area contributed by atoms with Crippen LogP contribution < -0.4 is 0 Å². The number of carbonyl (C=O) groups is 1. The molecule has 136 valence electrons. The number of carbonyl (C=O) groups excluding carboxylic acids is 1. The van der Waals surface area contributed by atoms with Crippen molar-refractivity contribution < 1.29 is 9.32 Å². The number of amides is 1. The van der Waals surface area contributed by atoms with E-state index in [2.05, 4.69) is 19.9 Å². The minimum Gasteiger partial charge on any atom is -0.340 e. The van der Waals surface area contributed by atoms with Gasteiger partial charge in [0.2, 0.25) is 11.8 Å². The van der Waals surface area contributed by atoms with Gasteiger partial charge in [0.05, 0.1) is 12.0 Å². The Balaban J connectivity index is 1.21. The van der Waals surface area contributed by atoms with Crippen LogP contribution in [0, 0.1) is 30.1 Å². The molecular formula is C19H28N4O2. The second-order valence-corrected chi connectivity index (χ2v) is 9.00. The van der Waals surface area contributed by atoms with Crippen molar-refractivity contribution in [2.24, 2.45) is 23.2 Å². The van der Waals surface area contributed by atoms with Crippen LogP contribution in [-0.4, -0.2) is 52.0 Å². The molecular weight excluding hydrogens is 316 g/mol. The maximum atomic E-state index is 13.4. The van der Waals surface area contributed by atoms with Crippen LogP contribution in [0.5, 0.6) is 0 Å². The van der Waals surface area contributed by atoms with Gasteiger partial charge in [-0.1, -0.05) is 5.16 Å². The quantitative estimate of drug-likeness (QED) is 0.841. The van der Waals surface area contributed by atoms with E-state index in [-0.39, 0.29) is 5.41 Å². The molecule has 5 aliphatic rings. The normalized spacial score (nSPS) is 37.6. The maximum absolute atomic E-state index is 13.4.